The normalized spacial score (nSPS) is 17.7. The Balaban J connectivity index is 2.24. The maximum Gasteiger partial charge on any atom is 0.119 e. The van der Waals surface area contributed by atoms with Crippen LogP contribution in [0.5, 0.6) is 11.5 Å². The minimum atomic E-state index is -0.114. The van der Waals surface area contributed by atoms with Crippen molar-refractivity contribution in [3.63, 3.8) is 0 Å². The van der Waals surface area contributed by atoms with Crippen molar-refractivity contribution in [3.8, 4) is 11.5 Å². The summed E-state index contributed by atoms with van der Waals surface area (Å²) in [7, 11) is 0. The molecule has 0 bridgehead atoms. The average molecular weight is 395 g/mol. The summed E-state index contributed by atoms with van der Waals surface area (Å²) in [6, 6.07) is 12.5. The second-order valence-electron chi connectivity index (χ2n) is 11.0. The molecule has 1 aliphatic rings. The lowest BCUT2D eigenvalue weighted by atomic mass is 9.67. The molecule has 0 saturated heterocycles. The maximum atomic E-state index is 10.5. The zero-order valence-corrected chi connectivity index (χ0v) is 19.1. The van der Waals surface area contributed by atoms with Crippen molar-refractivity contribution in [1.29, 1.82) is 0 Å². The minimum absolute atomic E-state index is 0.0715. The topological polar surface area (TPSA) is 40.5 Å². The van der Waals surface area contributed by atoms with E-state index in [9.17, 15) is 10.2 Å². The highest BCUT2D eigenvalue weighted by molar-refractivity contribution is 5.50. The molecule has 1 saturated carbocycles. The zero-order chi connectivity index (χ0) is 21.4. The maximum absolute atomic E-state index is 10.5. The van der Waals surface area contributed by atoms with Crippen molar-refractivity contribution in [2.45, 2.75) is 96.3 Å². The molecule has 2 aromatic carbocycles. The third-order valence-corrected chi connectivity index (χ3v) is 6.67. The van der Waals surface area contributed by atoms with Gasteiger partial charge >= 0.3 is 0 Å². The van der Waals surface area contributed by atoms with E-state index in [-0.39, 0.29) is 16.2 Å². The highest BCUT2D eigenvalue weighted by Gasteiger charge is 2.37. The van der Waals surface area contributed by atoms with Crippen LogP contribution in [0, 0.1) is 0 Å². The molecule has 3 rings (SSSR count). The molecule has 1 aliphatic carbocycles. The fourth-order valence-electron chi connectivity index (χ4n) is 4.94. The van der Waals surface area contributed by atoms with Crippen LogP contribution >= 0.6 is 0 Å². The van der Waals surface area contributed by atoms with Gasteiger partial charge in [-0.3, -0.25) is 0 Å². The summed E-state index contributed by atoms with van der Waals surface area (Å²) in [4.78, 5) is 0. The summed E-state index contributed by atoms with van der Waals surface area (Å²) in [6.07, 6.45) is 7.17. The third kappa shape index (κ3) is 4.32. The van der Waals surface area contributed by atoms with Crippen LogP contribution in [-0.2, 0) is 16.2 Å². The van der Waals surface area contributed by atoms with E-state index >= 15 is 0 Å². The largest absolute Gasteiger partial charge is 0.508 e. The van der Waals surface area contributed by atoms with Crippen LogP contribution in [0.3, 0.4) is 0 Å². The molecule has 0 unspecified atom stereocenters. The Morgan fingerprint density at radius 3 is 1.34 bits per heavy atom. The summed E-state index contributed by atoms with van der Waals surface area (Å²) in [5.74, 6) is 0.761. The average Bonchev–Trinajstić information content (AvgIpc) is 2.87. The van der Waals surface area contributed by atoms with Gasteiger partial charge in [-0.1, -0.05) is 91.5 Å². The smallest absolute Gasteiger partial charge is 0.119 e. The van der Waals surface area contributed by atoms with Crippen LogP contribution in [0.25, 0.3) is 0 Å². The Labute approximate surface area is 177 Å². The van der Waals surface area contributed by atoms with Gasteiger partial charge in [0.25, 0.3) is 0 Å². The minimum Gasteiger partial charge on any atom is -0.508 e. The molecular formula is C27H38O2. The summed E-state index contributed by atoms with van der Waals surface area (Å²) in [6.45, 7) is 12.9. The first-order valence-corrected chi connectivity index (χ1v) is 11.1. The van der Waals surface area contributed by atoms with E-state index in [0.717, 1.165) is 24.0 Å². The summed E-state index contributed by atoms with van der Waals surface area (Å²) in [5.41, 5.74) is 4.31. The Hall–Kier alpha value is -1.96. The van der Waals surface area contributed by atoms with Gasteiger partial charge in [-0.05, 0) is 58.1 Å². The van der Waals surface area contributed by atoms with Crippen molar-refractivity contribution in [3.05, 3.63) is 58.7 Å². The molecule has 0 aromatic heterocycles. The second-order valence-corrected chi connectivity index (χ2v) is 11.0. The van der Waals surface area contributed by atoms with Crippen LogP contribution in [-0.4, -0.2) is 10.2 Å². The van der Waals surface area contributed by atoms with Crippen LogP contribution in [0.1, 0.15) is 102 Å². The first kappa shape index (κ1) is 21.7. The van der Waals surface area contributed by atoms with Gasteiger partial charge in [0.05, 0.1) is 0 Å². The molecule has 0 heterocycles. The van der Waals surface area contributed by atoms with Crippen LogP contribution in [0.15, 0.2) is 36.4 Å². The molecule has 0 atom stereocenters. The van der Waals surface area contributed by atoms with Gasteiger partial charge < -0.3 is 10.2 Å². The Morgan fingerprint density at radius 2 is 1.00 bits per heavy atom. The number of aromatic hydroxyl groups is 2. The lowest BCUT2D eigenvalue weighted by molar-refractivity contribution is 0.424. The van der Waals surface area contributed by atoms with Gasteiger partial charge in [0.15, 0.2) is 0 Å². The van der Waals surface area contributed by atoms with Gasteiger partial charge in [-0.15, -0.1) is 0 Å². The third-order valence-electron chi connectivity index (χ3n) is 6.67. The van der Waals surface area contributed by atoms with Crippen LogP contribution in [0.4, 0.5) is 0 Å². The molecular weight excluding hydrogens is 356 g/mol. The predicted molar refractivity (Wildman–Crippen MR) is 122 cm³/mol. The van der Waals surface area contributed by atoms with E-state index in [1.54, 1.807) is 0 Å². The van der Waals surface area contributed by atoms with Crippen molar-refractivity contribution in [2.24, 2.45) is 0 Å². The first-order valence-electron chi connectivity index (χ1n) is 11.1. The molecule has 2 N–H and O–H groups in total. The highest BCUT2D eigenvalue weighted by atomic mass is 16.3. The fourth-order valence-corrected chi connectivity index (χ4v) is 4.94. The van der Waals surface area contributed by atoms with Crippen LogP contribution < -0.4 is 0 Å². The van der Waals surface area contributed by atoms with Gasteiger partial charge in [0.1, 0.15) is 11.5 Å². The lowest BCUT2D eigenvalue weighted by Gasteiger charge is -2.37. The summed E-state index contributed by atoms with van der Waals surface area (Å²) < 4.78 is 0. The number of phenols is 2. The van der Waals surface area contributed by atoms with E-state index in [4.69, 9.17) is 0 Å². The highest BCUT2D eigenvalue weighted by Crippen LogP contribution is 2.47. The standard InChI is InChI=1S/C27H38O2/c1-25(2,3)21-17-19(11-13-23(21)28)27(15-9-7-8-10-16-27)20-12-14-24(29)22(18-20)26(4,5)6/h11-14,17-18,28-29H,7-10,15-16H2,1-6H3. The number of phenolic OH excluding ortho intramolecular Hbond substituents is 2. The second kappa shape index (κ2) is 7.70. The van der Waals surface area contributed by atoms with E-state index in [1.807, 2.05) is 12.1 Å². The number of rotatable bonds is 2. The van der Waals surface area contributed by atoms with Gasteiger partial charge in [-0.2, -0.15) is 0 Å². The summed E-state index contributed by atoms with van der Waals surface area (Å²) >= 11 is 0. The van der Waals surface area contributed by atoms with Crippen molar-refractivity contribution in [2.75, 3.05) is 0 Å². The van der Waals surface area contributed by atoms with Crippen LogP contribution in [0.2, 0.25) is 0 Å². The predicted octanol–water partition coefficient (Wildman–Crippen LogP) is 7.33. The molecule has 0 radical (unpaired) electrons. The first-order chi connectivity index (χ1) is 13.4. The Morgan fingerprint density at radius 1 is 0.621 bits per heavy atom. The Kier molecular flexibility index (Phi) is 5.77. The molecule has 0 amide bonds. The van der Waals surface area contributed by atoms with E-state index in [2.05, 4.69) is 65.8 Å². The zero-order valence-electron chi connectivity index (χ0n) is 19.1. The molecule has 2 aromatic rings. The van der Waals surface area contributed by atoms with Gasteiger partial charge in [0.2, 0.25) is 0 Å². The molecule has 0 spiro atoms. The quantitative estimate of drug-likeness (QED) is 0.523. The fraction of sp³-hybridized carbons (Fsp3) is 0.556. The monoisotopic (exact) mass is 394 g/mol. The lowest BCUT2D eigenvalue weighted by Crippen LogP contribution is -2.28. The number of hydrogen-bond acceptors (Lipinski definition) is 2. The Bertz CT molecular complexity index is 792. The molecule has 2 heteroatoms. The molecule has 29 heavy (non-hydrogen) atoms. The molecule has 158 valence electrons. The number of hydrogen-bond donors (Lipinski definition) is 2. The SMILES string of the molecule is CC(C)(C)c1cc(C2(c3ccc(O)c(C(C)(C)C)c3)CCCCCC2)ccc1O. The van der Waals surface area contributed by atoms with E-state index in [1.165, 1.54) is 36.8 Å². The van der Waals surface area contributed by atoms with Gasteiger partial charge in [0, 0.05) is 5.41 Å². The van der Waals surface area contributed by atoms with Crippen molar-refractivity contribution in [1.82, 2.24) is 0 Å². The van der Waals surface area contributed by atoms with Crippen molar-refractivity contribution >= 4 is 0 Å². The molecule has 0 aliphatic heterocycles. The van der Waals surface area contributed by atoms with Crippen molar-refractivity contribution < 1.29 is 10.2 Å². The molecule has 1 fully saturated rings. The number of benzene rings is 2. The van der Waals surface area contributed by atoms with E-state index < -0.39 is 0 Å². The van der Waals surface area contributed by atoms with Gasteiger partial charge in [-0.25, -0.2) is 0 Å². The van der Waals surface area contributed by atoms with E-state index in [0.29, 0.717) is 11.5 Å². The summed E-state index contributed by atoms with van der Waals surface area (Å²) in [5, 5.41) is 21.1. The molecule has 2 nitrogen and oxygen atoms in total.